The Hall–Kier alpha value is -0.480. The number of hydrogen-bond acceptors (Lipinski definition) is 3. The molecule has 1 saturated heterocycles. The van der Waals surface area contributed by atoms with E-state index in [2.05, 4.69) is 0 Å². The highest BCUT2D eigenvalue weighted by Crippen LogP contribution is 2.23. The summed E-state index contributed by atoms with van der Waals surface area (Å²) in [6, 6.07) is 0. The van der Waals surface area contributed by atoms with Crippen LogP contribution in [0.15, 0.2) is 0 Å². The molecule has 0 aliphatic carbocycles. The summed E-state index contributed by atoms with van der Waals surface area (Å²) in [6.07, 6.45) is 5.62. The Labute approximate surface area is 123 Å². The Morgan fingerprint density at radius 3 is 2.32 bits per heavy atom. The van der Waals surface area contributed by atoms with Crippen LogP contribution < -0.4 is 5.73 Å². The lowest BCUT2D eigenvalue weighted by Gasteiger charge is -2.33. The molecule has 114 valence electrons. The zero-order chi connectivity index (χ0) is 13.6. The predicted octanol–water partition coefficient (Wildman–Crippen LogP) is 3.18. The van der Waals surface area contributed by atoms with E-state index in [0.717, 1.165) is 44.8 Å². The summed E-state index contributed by atoms with van der Waals surface area (Å²) in [5.74, 6) is 0.759. The summed E-state index contributed by atoms with van der Waals surface area (Å²) >= 11 is 0. The summed E-state index contributed by atoms with van der Waals surface area (Å²) in [6.45, 7) is 8.18. The fourth-order valence-corrected chi connectivity index (χ4v) is 2.31. The summed E-state index contributed by atoms with van der Waals surface area (Å²) in [4.78, 5) is 13.7. The van der Waals surface area contributed by atoms with Crippen LogP contribution in [-0.4, -0.2) is 36.2 Å². The molecule has 1 aliphatic heterocycles. The molecule has 0 atom stereocenters. The first kappa shape index (κ1) is 18.5. The molecule has 1 rings (SSSR count). The van der Waals surface area contributed by atoms with E-state index in [9.17, 15) is 4.79 Å². The molecule has 1 amide bonds. The number of hydrogen-bond donors (Lipinski definition) is 1. The second kappa shape index (κ2) is 8.64. The summed E-state index contributed by atoms with van der Waals surface area (Å²) < 4.78 is 5.38. The molecule has 19 heavy (non-hydrogen) atoms. The van der Waals surface area contributed by atoms with Gasteiger partial charge in [0.15, 0.2) is 0 Å². The fourth-order valence-electron chi connectivity index (χ4n) is 2.31. The van der Waals surface area contributed by atoms with Crippen molar-refractivity contribution in [3.8, 4) is 0 Å². The van der Waals surface area contributed by atoms with Crippen molar-refractivity contribution in [1.29, 1.82) is 0 Å². The molecule has 0 unspecified atom stereocenters. The van der Waals surface area contributed by atoms with Gasteiger partial charge < -0.3 is 15.4 Å². The summed E-state index contributed by atoms with van der Waals surface area (Å²) in [5.41, 5.74) is 5.10. The third-order valence-corrected chi connectivity index (χ3v) is 3.33. The number of nitrogens with two attached hydrogens (primary N) is 1. The topological polar surface area (TPSA) is 55.6 Å². The summed E-state index contributed by atoms with van der Waals surface area (Å²) in [7, 11) is 0. The Kier molecular flexibility index (Phi) is 8.42. The molecule has 2 N–H and O–H groups in total. The number of halogens is 1. The van der Waals surface area contributed by atoms with E-state index in [1.54, 1.807) is 0 Å². The normalized spacial score (nSPS) is 16.9. The molecule has 1 aliphatic rings. The van der Waals surface area contributed by atoms with Crippen molar-refractivity contribution in [2.24, 2.45) is 11.7 Å². The monoisotopic (exact) mass is 292 g/mol. The number of carbonyl (C=O) groups is 1. The van der Waals surface area contributed by atoms with Crippen LogP contribution in [0.5, 0.6) is 0 Å². The Bertz CT molecular complexity index is 259. The standard InChI is InChI=1S/C14H28N2O2.ClH/c1-14(2,3)18-13(17)16-10-7-12(8-11-16)6-4-5-9-15;/h12H,4-11,15H2,1-3H3;1H. The number of carbonyl (C=O) groups excluding carboxylic acids is 1. The fraction of sp³-hybridized carbons (Fsp3) is 0.929. The first-order valence-electron chi connectivity index (χ1n) is 7.10. The molecule has 0 aromatic heterocycles. The number of likely N-dealkylation sites (tertiary alicyclic amines) is 1. The largest absolute Gasteiger partial charge is 0.444 e. The van der Waals surface area contributed by atoms with E-state index in [0.29, 0.717) is 0 Å². The highest BCUT2D eigenvalue weighted by Gasteiger charge is 2.26. The number of rotatable bonds is 4. The Morgan fingerprint density at radius 2 is 1.84 bits per heavy atom. The predicted molar refractivity (Wildman–Crippen MR) is 80.7 cm³/mol. The average Bonchev–Trinajstić information content (AvgIpc) is 2.28. The molecular weight excluding hydrogens is 264 g/mol. The second-order valence-electron chi connectivity index (χ2n) is 6.20. The summed E-state index contributed by atoms with van der Waals surface area (Å²) in [5, 5.41) is 0. The SMILES string of the molecule is CC(C)(C)OC(=O)N1CCC(CCCCN)CC1.Cl. The third kappa shape index (κ3) is 7.63. The minimum atomic E-state index is -0.394. The molecular formula is C14H29ClN2O2. The number of amides is 1. The van der Waals surface area contributed by atoms with E-state index < -0.39 is 5.60 Å². The van der Waals surface area contributed by atoms with E-state index in [-0.39, 0.29) is 18.5 Å². The average molecular weight is 293 g/mol. The second-order valence-corrected chi connectivity index (χ2v) is 6.20. The van der Waals surface area contributed by atoms with Crippen LogP contribution in [0.4, 0.5) is 4.79 Å². The van der Waals surface area contributed by atoms with Crippen LogP contribution in [-0.2, 0) is 4.74 Å². The molecule has 1 fully saturated rings. The lowest BCUT2D eigenvalue weighted by atomic mass is 9.92. The van der Waals surface area contributed by atoms with Gasteiger partial charge in [-0.05, 0) is 52.5 Å². The maximum atomic E-state index is 11.9. The van der Waals surface area contributed by atoms with Gasteiger partial charge in [0.1, 0.15) is 5.60 Å². The van der Waals surface area contributed by atoms with Gasteiger partial charge in [-0.3, -0.25) is 0 Å². The van der Waals surface area contributed by atoms with Crippen molar-refractivity contribution in [1.82, 2.24) is 4.90 Å². The van der Waals surface area contributed by atoms with E-state index >= 15 is 0 Å². The minimum Gasteiger partial charge on any atom is -0.444 e. The highest BCUT2D eigenvalue weighted by atomic mass is 35.5. The van der Waals surface area contributed by atoms with Crippen molar-refractivity contribution >= 4 is 18.5 Å². The lowest BCUT2D eigenvalue weighted by molar-refractivity contribution is 0.0180. The van der Waals surface area contributed by atoms with Gasteiger partial charge in [0.05, 0.1) is 0 Å². The van der Waals surface area contributed by atoms with Gasteiger partial charge in [-0.15, -0.1) is 12.4 Å². The molecule has 4 nitrogen and oxygen atoms in total. The molecule has 1 heterocycles. The van der Waals surface area contributed by atoms with Crippen molar-refractivity contribution in [2.45, 2.75) is 58.5 Å². The van der Waals surface area contributed by atoms with Gasteiger partial charge in [-0.1, -0.05) is 12.8 Å². The quantitative estimate of drug-likeness (QED) is 0.810. The Morgan fingerprint density at radius 1 is 1.26 bits per heavy atom. The van der Waals surface area contributed by atoms with Gasteiger partial charge in [0.25, 0.3) is 0 Å². The number of piperidine rings is 1. The molecule has 0 bridgehead atoms. The molecule has 0 saturated carbocycles. The van der Waals surface area contributed by atoms with Crippen molar-refractivity contribution < 1.29 is 9.53 Å². The minimum absolute atomic E-state index is 0. The molecule has 0 aromatic rings. The van der Waals surface area contributed by atoms with Crippen molar-refractivity contribution in [2.75, 3.05) is 19.6 Å². The van der Waals surface area contributed by atoms with E-state index in [4.69, 9.17) is 10.5 Å². The number of unbranched alkanes of at least 4 members (excludes halogenated alkanes) is 1. The van der Waals surface area contributed by atoms with Crippen LogP contribution in [0.1, 0.15) is 52.9 Å². The molecule has 0 spiro atoms. The van der Waals surface area contributed by atoms with Gasteiger partial charge in [-0.25, -0.2) is 4.79 Å². The zero-order valence-electron chi connectivity index (χ0n) is 12.5. The van der Waals surface area contributed by atoms with Crippen LogP contribution >= 0.6 is 12.4 Å². The van der Waals surface area contributed by atoms with Gasteiger partial charge >= 0.3 is 6.09 Å². The first-order valence-corrected chi connectivity index (χ1v) is 7.10. The number of ether oxygens (including phenoxy) is 1. The maximum absolute atomic E-state index is 11.9. The molecule has 5 heteroatoms. The molecule has 0 radical (unpaired) electrons. The Balaban J connectivity index is 0.00000324. The van der Waals surface area contributed by atoms with E-state index in [1.807, 2.05) is 25.7 Å². The lowest BCUT2D eigenvalue weighted by Crippen LogP contribution is -2.41. The highest BCUT2D eigenvalue weighted by molar-refractivity contribution is 5.85. The molecule has 0 aromatic carbocycles. The van der Waals surface area contributed by atoms with Crippen molar-refractivity contribution in [3.63, 3.8) is 0 Å². The van der Waals surface area contributed by atoms with Gasteiger partial charge in [-0.2, -0.15) is 0 Å². The van der Waals surface area contributed by atoms with Crippen LogP contribution in [0, 0.1) is 5.92 Å². The van der Waals surface area contributed by atoms with Gasteiger partial charge in [0.2, 0.25) is 0 Å². The van der Waals surface area contributed by atoms with Crippen LogP contribution in [0.2, 0.25) is 0 Å². The van der Waals surface area contributed by atoms with Crippen molar-refractivity contribution in [3.05, 3.63) is 0 Å². The van der Waals surface area contributed by atoms with Crippen LogP contribution in [0.3, 0.4) is 0 Å². The van der Waals surface area contributed by atoms with Crippen LogP contribution in [0.25, 0.3) is 0 Å². The zero-order valence-corrected chi connectivity index (χ0v) is 13.3. The first-order chi connectivity index (χ1) is 8.42. The van der Waals surface area contributed by atoms with E-state index in [1.165, 1.54) is 12.8 Å². The van der Waals surface area contributed by atoms with Gasteiger partial charge in [0, 0.05) is 13.1 Å². The number of nitrogens with zero attached hydrogens (tertiary/aromatic N) is 1. The third-order valence-electron chi connectivity index (χ3n) is 3.33. The maximum Gasteiger partial charge on any atom is 0.410 e. The smallest absolute Gasteiger partial charge is 0.410 e.